The molecule has 7 heteroatoms. The molecule has 0 aromatic carbocycles. The van der Waals surface area contributed by atoms with Gasteiger partial charge in [0.25, 0.3) is 0 Å². The van der Waals surface area contributed by atoms with Crippen molar-refractivity contribution in [1.29, 1.82) is 0 Å². The highest BCUT2D eigenvalue weighted by Crippen LogP contribution is 2.18. The SMILES string of the molecule is Cc1noc(C)c1CCC(=O)N(C)[C@@H]1COC[C@@H](O)[C@H]1O. The lowest BCUT2D eigenvalue weighted by molar-refractivity contribution is -0.153. The highest BCUT2D eigenvalue weighted by molar-refractivity contribution is 5.76. The number of amides is 1. The number of aryl methyl sites for hydroxylation is 2. The number of carbonyl (C=O) groups excluding carboxylic acids is 1. The van der Waals surface area contributed by atoms with Crippen molar-refractivity contribution in [3.63, 3.8) is 0 Å². The van der Waals surface area contributed by atoms with Gasteiger partial charge in [0.1, 0.15) is 18.0 Å². The molecular formula is C14H22N2O5. The molecule has 1 aliphatic rings. The summed E-state index contributed by atoms with van der Waals surface area (Å²) >= 11 is 0. The second-order valence-corrected chi connectivity index (χ2v) is 5.47. The van der Waals surface area contributed by atoms with Gasteiger partial charge in [-0.25, -0.2) is 0 Å². The van der Waals surface area contributed by atoms with Crippen LogP contribution in [0, 0.1) is 13.8 Å². The van der Waals surface area contributed by atoms with Gasteiger partial charge < -0.3 is 24.4 Å². The molecule has 7 nitrogen and oxygen atoms in total. The highest BCUT2D eigenvalue weighted by Gasteiger charge is 2.35. The third-order valence-electron chi connectivity index (χ3n) is 4.03. The molecule has 3 atom stereocenters. The topological polar surface area (TPSA) is 96.0 Å². The molecule has 21 heavy (non-hydrogen) atoms. The number of aliphatic hydroxyl groups is 2. The molecule has 0 unspecified atom stereocenters. The van der Waals surface area contributed by atoms with Crippen LogP contribution in [0.2, 0.25) is 0 Å². The zero-order chi connectivity index (χ0) is 15.6. The average Bonchev–Trinajstić information content (AvgIpc) is 2.78. The van der Waals surface area contributed by atoms with E-state index in [0.29, 0.717) is 12.8 Å². The molecule has 1 amide bonds. The van der Waals surface area contributed by atoms with Crippen molar-refractivity contribution in [2.24, 2.45) is 0 Å². The van der Waals surface area contributed by atoms with Crippen molar-refractivity contribution >= 4 is 5.91 Å². The lowest BCUT2D eigenvalue weighted by atomic mass is 10.0. The number of aromatic nitrogens is 1. The fourth-order valence-corrected chi connectivity index (χ4v) is 2.56. The van der Waals surface area contributed by atoms with Gasteiger partial charge in [0.05, 0.1) is 24.9 Å². The van der Waals surface area contributed by atoms with Gasteiger partial charge in [-0.2, -0.15) is 0 Å². The van der Waals surface area contributed by atoms with E-state index in [1.165, 1.54) is 4.90 Å². The monoisotopic (exact) mass is 298 g/mol. The normalized spacial score (nSPS) is 25.9. The number of likely N-dealkylation sites (N-methyl/N-ethyl adjacent to an activating group) is 1. The zero-order valence-corrected chi connectivity index (χ0v) is 12.6. The van der Waals surface area contributed by atoms with Gasteiger partial charge in [-0.15, -0.1) is 0 Å². The predicted octanol–water partition coefficient (Wildman–Crippen LogP) is -0.197. The first-order valence-corrected chi connectivity index (χ1v) is 7.03. The number of hydrogen-bond acceptors (Lipinski definition) is 6. The van der Waals surface area contributed by atoms with Crippen LogP contribution >= 0.6 is 0 Å². The molecule has 0 spiro atoms. The van der Waals surface area contributed by atoms with Crippen LogP contribution in [-0.4, -0.2) is 64.7 Å². The molecule has 2 N–H and O–H groups in total. The summed E-state index contributed by atoms with van der Waals surface area (Å²) in [6.07, 6.45) is -1.11. The summed E-state index contributed by atoms with van der Waals surface area (Å²) in [5, 5.41) is 23.4. The van der Waals surface area contributed by atoms with E-state index in [-0.39, 0.29) is 19.1 Å². The zero-order valence-electron chi connectivity index (χ0n) is 12.6. The van der Waals surface area contributed by atoms with Gasteiger partial charge in [0, 0.05) is 19.0 Å². The second-order valence-electron chi connectivity index (χ2n) is 5.47. The van der Waals surface area contributed by atoms with Crippen LogP contribution in [0.3, 0.4) is 0 Å². The number of ether oxygens (including phenoxy) is 1. The number of hydrogen-bond donors (Lipinski definition) is 2. The molecule has 118 valence electrons. The van der Waals surface area contributed by atoms with E-state index in [4.69, 9.17) is 9.26 Å². The van der Waals surface area contributed by atoms with Gasteiger partial charge in [0.2, 0.25) is 5.91 Å². The molecule has 2 heterocycles. The summed E-state index contributed by atoms with van der Waals surface area (Å²) in [4.78, 5) is 13.7. The Labute approximate surface area is 123 Å². The molecule has 0 saturated carbocycles. The third kappa shape index (κ3) is 3.42. The fourth-order valence-electron chi connectivity index (χ4n) is 2.56. The Morgan fingerprint density at radius 2 is 2.10 bits per heavy atom. The first-order chi connectivity index (χ1) is 9.91. The van der Waals surface area contributed by atoms with Gasteiger partial charge in [-0.1, -0.05) is 5.16 Å². The Hall–Kier alpha value is -1.44. The minimum atomic E-state index is -0.980. The second kappa shape index (κ2) is 6.55. The molecule has 0 bridgehead atoms. The van der Waals surface area contributed by atoms with Crippen LogP contribution in [0.1, 0.15) is 23.4 Å². The molecule has 1 aromatic rings. The maximum Gasteiger partial charge on any atom is 0.223 e. The number of carbonyl (C=O) groups is 1. The fraction of sp³-hybridized carbons (Fsp3) is 0.714. The molecular weight excluding hydrogens is 276 g/mol. The Balaban J connectivity index is 1.93. The summed E-state index contributed by atoms with van der Waals surface area (Å²) < 4.78 is 10.3. The van der Waals surface area contributed by atoms with Crippen molar-refractivity contribution in [3.8, 4) is 0 Å². The molecule has 0 aliphatic carbocycles. The van der Waals surface area contributed by atoms with Crippen molar-refractivity contribution in [1.82, 2.24) is 10.1 Å². The van der Waals surface area contributed by atoms with Crippen LogP contribution < -0.4 is 0 Å². The smallest absolute Gasteiger partial charge is 0.223 e. The van der Waals surface area contributed by atoms with Gasteiger partial charge >= 0.3 is 0 Å². The third-order valence-corrected chi connectivity index (χ3v) is 4.03. The summed E-state index contributed by atoms with van der Waals surface area (Å²) in [5.41, 5.74) is 1.73. The van der Waals surface area contributed by atoms with E-state index in [9.17, 15) is 15.0 Å². The van der Waals surface area contributed by atoms with Gasteiger partial charge in [-0.3, -0.25) is 4.79 Å². The molecule has 1 fully saturated rings. The number of rotatable bonds is 4. The maximum atomic E-state index is 12.2. The Morgan fingerprint density at radius 1 is 1.38 bits per heavy atom. The summed E-state index contributed by atoms with van der Waals surface area (Å²) in [7, 11) is 1.62. The summed E-state index contributed by atoms with van der Waals surface area (Å²) in [6, 6.07) is -0.522. The van der Waals surface area contributed by atoms with Crippen molar-refractivity contribution < 1.29 is 24.3 Å². The predicted molar refractivity (Wildman–Crippen MR) is 73.7 cm³/mol. The number of aliphatic hydroxyl groups excluding tert-OH is 2. The van der Waals surface area contributed by atoms with Gasteiger partial charge in [-0.05, 0) is 20.3 Å². The van der Waals surface area contributed by atoms with Crippen LogP contribution in [0.4, 0.5) is 0 Å². The quantitative estimate of drug-likeness (QED) is 0.799. The minimum absolute atomic E-state index is 0.0960. The van der Waals surface area contributed by atoms with Crippen LogP contribution in [0.15, 0.2) is 4.52 Å². The standard InChI is InChI=1S/C14H22N2O5/c1-8-10(9(2)21-15-8)4-5-13(18)16(3)11-6-20-7-12(17)14(11)19/h11-12,14,17,19H,4-7H2,1-3H3/t11-,12-,14+/m1/s1. The summed E-state index contributed by atoms with van der Waals surface area (Å²) in [6.45, 7) is 3.98. The van der Waals surface area contributed by atoms with E-state index in [0.717, 1.165) is 17.0 Å². The number of nitrogens with zero attached hydrogens (tertiary/aromatic N) is 2. The van der Waals surface area contributed by atoms with Crippen LogP contribution in [0.25, 0.3) is 0 Å². The highest BCUT2D eigenvalue weighted by atomic mass is 16.5. The van der Waals surface area contributed by atoms with Crippen LogP contribution in [-0.2, 0) is 16.0 Å². The van der Waals surface area contributed by atoms with Crippen molar-refractivity contribution in [3.05, 3.63) is 17.0 Å². The Kier molecular flexibility index (Phi) is 4.97. The van der Waals surface area contributed by atoms with E-state index in [1.54, 1.807) is 7.05 Å². The molecule has 1 aliphatic heterocycles. The molecule has 1 aromatic heterocycles. The first-order valence-electron chi connectivity index (χ1n) is 7.03. The molecule has 1 saturated heterocycles. The Bertz CT molecular complexity index is 482. The van der Waals surface area contributed by atoms with Crippen molar-refractivity contribution in [2.75, 3.05) is 20.3 Å². The van der Waals surface area contributed by atoms with Gasteiger partial charge in [0.15, 0.2) is 0 Å². The van der Waals surface area contributed by atoms with E-state index in [2.05, 4.69) is 5.16 Å². The summed E-state index contributed by atoms with van der Waals surface area (Å²) in [5.74, 6) is 0.608. The maximum absolute atomic E-state index is 12.2. The Morgan fingerprint density at radius 3 is 2.71 bits per heavy atom. The van der Waals surface area contributed by atoms with E-state index < -0.39 is 18.2 Å². The minimum Gasteiger partial charge on any atom is -0.388 e. The lowest BCUT2D eigenvalue weighted by Gasteiger charge is -2.37. The van der Waals surface area contributed by atoms with Crippen molar-refractivity contribution in [2.45, 2.75) is 44.9 Å². The largest absolute Gasteiger partial charge is 0.388 e. The van der Waals surface area contributed by atoms with E-state index in [1.807, 2.05) is 13.8 Å². The lowest BCUT2D eigenvalue weighted by Crippen LogP contribution is -2.56. The average molecular weight is 298 g/mol. The molecule has 0 radical (unpaired) electrons. The van der Waals surface area contributed by atoms with Crippen LogP contribution in [0.5, 0.6) is 0 Å². The molecule has 2 rings (SSSR count). The first kappa shape index (κ1) is 15.9. The van der Waals surface area contributed by atoms with E-state index >= 15 is 0 Å².